The van der Waals surface area contributed by atoms with E-state index in [0.29, 0.717) is 13.2 Å². The van der Waals surface area contributed by atoms with Crippen molar-refractivity contribution in [2.24, 2.45) is 5.73 Å². The minimum Gasteiger partial charge on any atom is -0.497 e. The van der Waals surface area contributed by atoms with Crippen molar-refractivity contribution in [2.75, 3.05) is 13.7 Å². The zero-order valence-electron chi connectivity index (χ0n) is 9.10. The maximum atomic E-state index is 5.56. The predicted molar refractivity (Wildman–Crippen MR) is 63.5 cm³/mol. The van der Waals surface area contributed by atoms with Gasteiger partial charge >= 0.3 is 0 Å². The van der Waals surface area contributed by atoms with Gasteiger partial charge in [0.05, 0.1) is 20.3 Å². The first-order chi connectivity index (χ1) is 6.72. The van der Waals surface area contributed by atoms with Crippen LogP contribution in [0.25, 0.3) is 0 Å². The molecule has 0 aliphatic carbocycles. The van der Waals surface area contributed by atoms with Crippen LogP contribution in [0.4, 0.5) is 0 Å². The van der Waals surface area contributed by atoms with Gasteiger partial charge in [0.1, 0.15) is 5.75 Å². The molecule has 15 heavy (non-hydrogen) atoms. The van der Waals surface area contributed by atoms with E-state index in [1.807, 2.05) is 31.2 Å². The van der Waals surface area contributed by atoms with Crippen molar-refractivity contribution in [1.82, 2.24) is 0 Å². The van der Waals surface area contributed by atoms with E-state index in [-0.39, 0.29) is 18.4 Å². The third kappa shape index (κ3) is 5.62. The Morgan fingerprint density at radius 2 is 1.87 bits per heavy atom. The molecule has 86 valence electrons. The minimum atomic E-state index is 0. The molecule has 0 fully saturated rings. The van der Waals surface area contributed by atoms with Gasteiger partial charge in [0.2, 0.25) is 0 Å². The van der Waals surface area contributed by atoms with Crippen molar-refractivity contribution in [3.8, 4) is 5.75 Å². The maximum Gasteiger partial charge on any atom is 0.118 e. The van der Waals surface area contributed by atoms with Crippen LogP contribution < -0.4 is 10.5 Å². The molecule has 2 N–H and O–H groups in total. The normalized spacial score (nSPS) is 11.7. The number of benzene rings is 1. The molecular weight excluding hydrogens is 214 g/mol. The van der Waals surface area contributed by atoms with Crippen molar-refractivity contribution in [2.45, 2.75) is 19.6 Å². The smallest absolute Gasteiger partial charge is 0.118 e. The van der Waals surface area contributed by atoms with Gasteiger partial charge in [-0.2, -0.15) is 0 Å². The predicted octanol–water partition coefficient (Wildman–Crippen LogP) is 1.98. The van der Waals surface area contributed by atoms with Crippen LogP contribution >= 0.6 is 12.4 Å². The summed E-state index contributed by atoms with van der Waals surface area (Å²) in [6.45, 7) is 3.12. The molecule has 3 nitrogen and oxygen atoms in total. The van der Waals surface area contributed by atoms with Crippen molar-refractivity contribution >= 4 is 12.4 Å². The molecule has 4 heteroatoms. The Bertz CT molecular complexity index is 262. The van der Waals surface area contributed by atoms with Crippen LogP contribution in [0.5, 0.6) is 5.75 Å². The van der Waals surface area contributed by atoms with E-state index >= 15 is 0 Å². The van der Waals surface area contributed by atoms with Gasteiger partial charge in [0.15, 0.2) is 0 Å². The summed E-state index contributed by atoms with van der Waals surface area (Å²) in [5.74, 6) is 0.862. The van der Waals surface area contributed by atoms with Crippen LogP contribution in [0, 0.1) is 0 Å². The lowest BCUT2D eigenvalue weighted by Gasteiger charge is -2.07. The number of ether oxygens (including phenoxy) is 2. The first kappa shape index (κ1) is 14.2. The molecule has 0 radical (unpaired) electrons. The van der Waals surface area contributed by atoms with Crippen LogP contribution in [0.15, 0.2) is 24.3 Å². The molecule has 1 aromatic rings. The Balaban J connectivity index is 0.00000196. The van der Waals surface area contributed by atoms with Gasteiger partial charge in [-0.1, -0.05) is 12.1 Å². The highest BCUT2D eigenvalue weighted by Crippen LogP contribution is 2.11. The molecule has 1 atom stereocenters. The number of halogens is 1. The SMILES string of the molecule is COc1ccc(COCC(C)N)cc1.Cl. The van der Waals surface area contributed by atoms with E-state index in [1.165, 1.54) is 0 Å². The van der Waals surface area contributed by atoms with Crippen LogP contribution in [0.3, 0.4) is 0 Å². The van der Waals surface area contributed by atoms with E-state index in [4.69, 9.17) is 15.2 Å². The van der Waals surface area contributed by atoms with Gasteiger partial charge in [-0.25, -0.2) is 0 Å². The largest absolute Gasteiger partial charge is 0.497 e. The lowest BCUT2D eigenvalue weighted by atomic mass is 10.2. The third-order valence-corrected chi connectivity index (χ3v) is 1.81. The van der Waals surface area contributed by atoms with Crippen molar-refractivity contribution < 1.29 is 9.47 Å². The highest BCUT2D eigenvalue weighted by molar-refractivity contribution is 5.85. The number of nitrogens with two attached hydrogens (primary N) is 1. The summed E-state index contributed by atoms with van der Waals surface area (Å²) in [6, 6.07) is 7.91. The van der Waals surface area contributed by atoms with E-state index < -0.39 is 0 Å². The fraction of sp³-hybridized carbons (Fsp3) is 0.455. The number of methoxy groups -OCH3 is 1. The molecule has 1 aromatic carbocycles. The van der Waals surface area contributed by atoms with Crippen molar-refractivity contribution in [3.63, 3.8) is 0 Å². The van der Waals surface area contributed by atoms with Crippen LogP contribution in [-0.4, -0.2) is 19.8 Å². The molecule has 0 bridgehead atoms. The summed E-state index contributed by atoms with van der Waals surface area (Å²) >= 11 is 0. The first-order valence-corrected chi connectivity index (χ1v) is 4.68. The molecule has 0 heterocycles. The van der Waals surface area contributed by atoms with Gasteiger partial charge in [0, 0.05) is 6.04 Å². The molecule has 0 spiro atoms. The Labute approximate surface area is 97.0 Å². The number of hydrogen-bond donors (Lipinski definition) is 1. The Morgan fingerprint density at radius 1 is 1.27 bits per heavy atom. The average Bonchev–Trinajstić information content (AvgIpc) is 2.18. The standard InChI is InChI=1S/C11H17NO2.ClH/c1-9(12)7-14-8-10-3-5-11(13-2)6-4-10;/h3-6,9H,7-8,12H2,1-2H3;1H. The topological polar surface area (TPSA) is 44.5 Å². The van der Waals surface area contributed by atoms with Gasteiger partial charge in [-0.15, -0.1) is 12.4 Å². The summed E-state index contributed by atoms with van der Waals surface area (Å²) in [7, 11) is 1.65. The Kier molecular flexibility index (Phi) is 7.13. The minimum absolute atomic E-state index is 0. The summed E-state index contributed by atoms with van der Waals surface area (Å²) < 4.78 is 10.4. The average molecular weight is 232 g/mol. The van der Waals surface area contributed by atoms with Gasteiger partial charge in [-0.05, 0) is 24.6 Å². The second-order valence-electron chi connectivity index (χ2n) is 3.34. The molecule has 1 unspecified atom stereocenters. The maximum absolute atomic E-state index is 5.56. The van der Waals surface area contributed by atoms with Gasteiger partial charge in [0.25, 0.3) is 0 Å². The quantitative estimate of drug-likeness (QED) is 0.843. The lowest BCUT2D eigenvalue weighted by Crippen LogP contribution is -2.21. The zero-order valence-corrected chi connectivity index (χ0v) is 9.92. The molecule has 0 aliphatic heterocycles. The lowest BCUT2D eigenvalue weighted by molar-refractivity contribution is 0.111. The summed E-state index contributed by atoms with van der Waals surface area (Å²) in [6.07, 6.45) is 0. The summed E-state index contributed by atoms with van der Waals surface area (Å²) in [5.41, 5.74) is 6.69. The number of hydrogen-bond acceptors (Lipinski definition) is 3. The zero-order chi connectivity index (χ0) is 10.4. The monoisotopic (exact) mass is 231 g/mol. The fourth-order valence-corrected chi connectivity index (χ4v) is 1.08. The van der Waals surface area contributed by atoms with Crippen LogP contribution in [0.2, 0.25) is 0 Å². The highest BCUT2D eigenvalue weighted by Gasteiger charge is 1.96. The van der Waals surface area contributed by atoms with Crippen molar-refractivity contribution in [1.29, 1.82) is 0 Å². The second kappa shape index (κ2) is 7.51. The van der Waals surface area contributed by atoms with E-state index in [9.17, 15) is 0 Å². The molecule has 0 aliphatic rings. The third-order valence-electron chi connectivity index (χ3n) is 1.81. The molecule has 0 saturated heterocycles. The molecule has 0 aromatic heterocycles. The number of rotatable bonds is 5. The Hall–Kier alpha value is -0.770. The van der Waals surface area contributed by atoms with E-state index in [1.54, 1.807) is 7.11 Å². The molecule has 0 saturated carbocycles. The van der Waals surface area contributed by atoms with Gasteiger partial charge < -0.3 is 15.2 Å². The van der Waals surface area contributed by atoms with Gasteiger partial charge in [-0.3, -0.25) is 0 Å². The summed E-state index contributed by atoms with van der Waals surface area (Å²) in [4.78, 5) is 0. The molecule has 0 amide bonds. The van der Waals surface area contributed by atoms with Crippen LogP contribution in [0.1, 0.15) is 12.5 Å². The van der Waals surface area contributed by atoms with E-state index in [0.717, 1.165) is 11.3 Å². The fourth-order valence-electron chi connectivity index (χ4n) is 1.08. The van der Waals surface area contributed by atoms with Crippen molar-refractivity contribution in [3.05, 3.63) is 29.8 Å². The molecular formula is C11H18ClNO2. The summed E-state index contributed by atoms with van der Waals surface area (Å²) in [5, 5.41) is 0. The first-order valence-electron chi connectivity index (χ1n) is 4.68. The van der Waals surface area contributed by atoms with Crippen LogP contribution in [-0.2, 0) is 11.3 Å². The highest BCUT2D eigenvalue weighted by atomic mass is 35.5. The van der Waals surface area contributed by atoms with E-state index in [2.05, 4.69) is 0 Å². The molecule has 1 rings (SSSR count). The Morgan fingerprint density at radius 3 is 2.33 bits per heavy atom. The second-order valence-corrected chi connectivity index (χ2v) is 3.34.